The van der Waals surface area contributed by atoms with E-state index >= 15 is 0 Å². The molecule has 0 aliphatic rings. The SMILES string of the molecule is CCCCCCCCCCOC(OCCCCCCCC)(OCCCCCCCCC)C(OCCCCCC)(OCCCCCCC)C(CCCCCCCC)OCCCCC. The van der Waals surface area contributed by atoms with Gasteiger partial charge in [-0.05, 0) is 44.9 Å². The molecule has 0 fully saturated rings. The fraction of sp³-hybridized carbons (Fsp3) is 1.00. The van der Waals surface area contributed by atoms with Crippen LogP contribution >= 0.6 is 0 Å². The number of hydrogen-bond donors (Lipinski definition) is 0. The maximum atomic E-state index is 7.44. The topological polar surface area (TPSA) is 55.4 Å². The van der Waals surface area contributed by atoms with E-state index in [1.807, 2.05) is 0 Å². The zero-order valence-corrected chi connectivity index (χ0v) is 43.6. The molecule has 0 aliphatic heterocycles. The second kappa shape index (κ2) is 48.7. The summed E-state index contributed by atoms with van der Waals surface area (Å²) < 4.78 is 44.0. The highest BCUT2D eigenvalue weighted by molar-refractivity contribution is 4.92. The molecule has 0 radical (unpaired) electrons. The Kier molecular flexibility index (Phi) is 48.5. The van der Waals surface area contributed by atoms with Crippen molar-refractivity contribution >= 4 is 0 Å². The predicted octanol–water partition coefficient (Wildman–Crippen LogP) is 18.5. The Bertz CT molecular complexity index is 841. The highest BCUT2D eigenvalue weighted by Crippen LogP contribution is 2.42. The van der Waals surface area contributed by atoms with Crippen molar-refractivity contribution < 1.29 is 28.4 Å². The first-order chi connectivity index (χ1) is 30.6. The van der Waals surface area contributed by atoms with Crippen molar-refractivity contribution in [3.8, 4) is 0 Å². The van der Waals surface area contributed by atoms with Gasteiger partial charge in [0, 0.05) is 6.61 Å². The molecule has 0 saturated heterocycles. The van der Waals surface area contributed by atoms with Gasteiger partial charge in [-0.2, -0.15) is 0 Å². The van der Waals surface area contributed by atoms with Crippen LogP contribution in [0.1, 0.15) is 305 Å². The van der Waals surface area contributed by atoms with E-state index < -0.39 is 11.8 Å². The molecule has 3 atom stereocenters. The van der Waals surface area contributed by atoms with Crippen molar-refractivity contribution in [1.29, 1.82) is 0 Å². The first-order valence-corrected chi connectivity index (χ1v) is 28.4. The van der Waals surface area contributed by atoms with Crippen LogP contribution in [0, 0.1) is 0 Å². The standard InChI is InChI=1S/C56H114O6/c1-8-15-22-28-32-34-39-46-53-62-56(60-51-44-37-31-25-18-11-4,61-52-45-38-33-29-23-16-9-2)55(58-49-42-27-20-13-6,59-50-43-36-26-19-12-5)54(57-48-41-21-14-7)47-40-35-30-24-17-10-3/h54H,8-53H2,1-7H3. The van der Waals surface area contributed by atoms with E-state index in [0.717, 1.165) is 96.3 Å². The molecular weight excluding hydrogens is 769 g/mol. The minimum absolute atomic E-state index is 0.371. The van der Waals surface area contributed by atoms with E-state index in [4.69, 9.17) is 28.4 Å². The number of unbranched alkanes of at least 4 members (excludes halogenated alkanes) is 32. The molecule has 3 unspecified atom stereocenters. The first-order valence-electron chi connectivity index (χ1n) is 28.4. The highest BCUT2D eigenvalue weighted by Gasteiger charge is 2.64. The largest absolute Gasteiger partial charge is 0.372 e. The van der Waals surface area contributed by atoms with Crippen LogP contribution < -0.4 is 0 Å². The van der Waals surface area contributed by atoms with Gasteiger partial charge in [-0.25, -0.2) is 0 Å². The molecular formula is C56H114O6. The van der Waals surface area contributed by atoms with Crippen LogP contribution in [0.3, 0.4) is 0 Å². The lowest BCUT2D eigenvalue weighted by Crippen LogP contribution is -2.69. The van der Waals surface area contributed by atoms with Crippen LogP contribution in [0.4, 0.5) is 0 Å². The Labute approximate surface area is 389 Å². The first kappa shape index (κ1) is 61.8. The molecule has 0 aromatic rings. The highest BCUT2D eigenvalue weighted by atomic mass is 16.9. The quantitative estimate of drug-likeness (QED) is 0.0448. The zero-order valence-electron chi connectivity index (χ0n) is 43.6. The fourth-order valence-corrected chi connectivity index (χ4v) is 8.58. The van der Waals surface area contributed by atoms with Gasteiger partial charge in [0.1, 0.15) is 6.10 Å². The van der Waals surface area contributed by atoms with Crippen LogP contribution in [-0.4, -0.2) is 57.5 Å². The van der Waals surface area contributed by atoms with Crippen LogP contribution in [0.25, 0.3) is 0 Å². The molecule has 374 valence electrons. The number of ether oxygens (including phenoxy) is 6. The minimum atomic E-state index is -1.52. The summed E-state index contributed by atoms with van der Waals surface area (Å²) in [5, 5.41) is 0. The maximum absolute atomic E-state index is 7.44. The van der Waals surface area contributed by atoms with Gasteiger partial charge in [-0.15, -0.1) is 0 Å². The molecule has 0 heterocycles. The van der Waals surface area contributed by atoms with E-state index in [2.05, 4.69) is 48.5 Å². The summed E-state index contributed by atoms with van der Waals surface area (Å²) in [5.74, 6) is -2.87. The summed E-state index contributed by atoms with van der Waals surface area (Å²) in [6.45, 7) is 19.5. The minimum Gasteiger partial charge on any atom is -0.372 e. The summed E-state index contributed by atoms with van der Waals surface area (Å²) >= 11 is 0. The van der Waals surface area contributed by atoms with Gasteiger partial charge in [0.05, 0.1) is 33.0 Å². The molecule has 0 aromatic carbocycles. The Morgan fingerprint density at radius 2 is 0.468 bits per heavy atom. The van der Waals surface area contributed by atoms with Crippen molar-refractivity contribution in [2.24, 2.45) is 0 Å². The van der Waals surface area contributed by atoms with Gasteiger partial charge in [0.15, 0.2) is 0 Å². The third-order valence-electron chi connectivity index (χ3n) is 12.7. The van der Waals surface area contributed by atoms with Crippen molar-refractivity contribution in [3.63, 3.8) is 0 Å². The van der Waals surface area contributed by atoms with Gasteiger partial charge >= 0.3 is 5.97 Å². The molecule has 0 N–H and O–H groups in total. The van der Waals surface area contributed by atoms with Crippen molar-refractivity contribution in [2.45, 2.75) is 323 Å². The normalized spacial score (nSPS) is 14.4. The molecule has 0 rings (SSSR count). The maximum Gasteiger partial charge on any atom is 0.343 e. The van der Waals surface area contributed by atoms with Crippen LogP contribution in [0.5, 0.6) is 0 Å². The van der Waals surface area contributed by atoms with E-state index in [-0.39, 0.29) is 6.10 Å². The second-order valence-corrected chi connectivity index (χ2v) is 18.9. The van der Waals surface area contributed by atoms with E-state index in [1.165, 1.54) is 161 Å². The summed E-state index contributed by atoms with van der Waals surface area (Å²) in [5.41, 5.74) is 0. The predicted molar refractivity (Wildman–Crippen MR) is 269 cm³/mol. The molecule has 0 saturated carbocycles. The van der Waals surface area contributed by atoms with Crippen LogP contribution in [-0.2, 0) is 28.4 Å². The third kappa shape index (κ3) is 33.3. The van der Waals surface area contributed by atoms with Crippen molar-refractivity contribution in [3.05, 3.63) is 0 Å². The average molecular weight is 884 g/mol. The molecule has 0 aliphatic carbocycles. The smallest absolute Gasteiger partial charge is 0.343 e. The lowest BCUT2D eigenvalue weighted by Gasteiger charge is -2.50. The summed E-state index contributed by atoms with van der Waals surface area (Å²) in [7, 11) is 0. The van der Waals surface area contributed by atoms with Crippen LogP contribution in [0.2, 0.25) is 0 Å². The molecule has 6 nitrogen and oxygen atoms in total. The molecule has 6 heteroatoms. The molecule has 0 bridgehead atoms. The Balaban J connectivity index is 7.26. The zero-order chi connectivity index (χ0) is 45.3. The molecule has 62 heavy (non-hydrogen) atoms. The summed E-state index contributed by atoms with van der Waals surface area (Å²) in [4.78, 5) is 0. The molecule has 0 amide bonds. The summed E-state index contributed by atoms with van der Waals surface area (Å²) in [6, 6.07) is 0. The number of hydrogen-bond acceptors (Lipinski definition) is 6. The number of rotatable bonds is 54. The lowest BCUT2D eigenvalue weighted by molar-refractivity contribution is -0.514. The van der Waals surface area contributed by atoms with Crippen LogP contribution in [0.15, 0.2) is 0 Å². The van der Waals surface area contributed by atoms with Gasteiger partial charge in [0.2, 0.25) is 0 Å². The lowest BCUT2D eigenvalue weighted by atomic mass is 9.98. The van der Waals surface area contributed by atoms with E-state index in [1.54, 1.807) is 0 Å². The van der Waals surface area contributed by atoms with Gasteiger partial charge in [0.25, 0.3) is 5.79 Å². The third-order valence-corrected chi connectivity index (χ3v) is 12.7. The summed E-state index contributed by atoms with van der Waals surface area (Å²) in [6.07, 6.45) is 47.2. The van der Waals surface area contributed by atoms with Gasteiger partial charge in [-0.3, -0.25) is 0 Å². The Hall–Kier alpha value is -0.240. The Morgan fingerprint density at radius 1 is 0.242 bits per heavy atom. The molecule has 0 aromatic heterocycles. The van der Waals surface area contributed by atoms with E-state index in [0.29, 0.717) is 39.6 Å². The van der Waals surface area contributed by atoms with E-state index in [9.17, 15) is 0 Å². The Morgan fingerprint density at radius 3 is 0.790 bits per heavy atom. The van der Waals surface area contributed by atoms with Crippen molar-refractivity contribution in [1.82, 2.24) is 0 Å². The monoisotopic (exact) mass is 883 g/mol. The average Bonchev–Trinajstić information content (AvgIpc) is 3.28. The fourth-order valence-electron chi connectivity index (χ4n) is 8.58. The van der Waals surface area contributed by atoms with Gasteiger partial charge in [-0.1, -0.05) is 260 Å². The van der Waals surface area contributed by atoms with Crippen molar-refractivity contribution in [2.75, 3.05) is 39.6 Å². The van der Waals surface area contributed by atoms with Gasteiger partial charge < -0.3 is 28.4 Å². The molecule has 0 spiro atoms. The second-order valence-electron chi connectivity index (χ2n) is 18.9.